The number of hydrogen-bond donors (Lipinski definition) is 0. The molecule has 0 amide bonds. The van der Waals surface area contributed by atoms with Gasteiger partial charge in [0.2, 0.25) is 0 Å². The number of fused-ring (bicyclic) bond motifs is 1. The van der Waals surface area contributed by atoms with Gasteiger partial charge in [0, 0.05) is 11.9 Å². The van der Waals surface area contributed by atoms with Gasteiger partial charge in [-0.2, -0.15) is 0 Å². The highest BCUT2D eigenvalue weighted by molar-refractivity contribution is 7.07. The number of benzene rings is 2. The zero-order chi connectivity index (χ0) is 24.4. The van der Waals surface area contributed by atoms with Crippen molar-refractivity contribution in [3.05, 3.63) is 95.6 Å². The highest BCUT2D eigenvalue weighted by atomic mass is 35.5. The summed E-state index contributed by atoms with van der Waals surface area (Å²) >= 11 is 7.29. The first-order valence-electron chi connectivity index (χ1n) is 10.5. The van der Waals surface area contributed by atoms with Gasteiger partial charge in [0.1, 0.15) is 5.75 Å². The van der Waals surface area contributed by atoms with Gasteiger partial charge in [0.05, 0.1) is 28.5 Å². The van der Waals surface area contributed by atoms with E-state index < -0.39 is 18.0 Å². The first kappa shape index (κ1) is 23.7. The Morgan fingerprint density at radius 3 is 2.62 bits per heavy atom. The first-order chi connectivity index (χ1) is 16.3. The number of carbonyl (C=O) groups is 2. The predicted octanol–water partition coefficient (Wildman–Crippen LogP) is 3.38. The normalized spacial score (nSPS) is 15.5. The Bertz CT molecular complexity index is 1480. The van der Waals surface area contributed by atoms with E-state index in [4.69, 9.17) is 21.1 Å². The molecule has 0 unspecified atom stereocenters. The zero-order valence-electron chi connectivity index (χ0n) is 18.7. The molecule has 2 aromatic carbocycles. The van der Waals surface area contributed by atoms with E-state index in [0.717, 1.165) is 0 Å². The smallest absolute Gasteiger partial charge is 0.338 e. The number of carbonyl (C=O) groups excluding carboxylic acids is 2. The SMILES string of the molecule is CCOC(=O)C1=C(C)N=c2s/c(=C\c3cccc(OC(C)=O)c3)c(=O)n2[C@H]1c1ccc(Cl)cc1. The van der Waals surface area contributed by atoms with Crippen LogP contribution in [-0.4, -0.2) is 23.1 Å². The topological polar surface area (TPSA) is 87.0 Å². The maximum atomic E-state index is 13.6. The van der Waals surface area contributed by atoms with Crippen molar-refractivity contribution in [1.29, 1.82) is 0 Å². The third-order valence-corrected chi connectivity index (χ3v) is 6.36. The van der Waals surface area contributed by atoms with E-state index >= 15 is 0 Å². The Hall–Kier alpha value is -3.49. The quantitative estimate of drug-likeness (QED) is 0.399. The van der Waals surface area contributed by atoms with Gasteiger partial charge in [0.25, 0.3) is 5.56 Å². The standard InChI is InChI=1S/C25H21ClN2O5S/c1-4-32-24(31)21-14(2)27-25-28(22(21)17-8-10-18(26)11-9-17)23(30)20(34-25)13-16-6-5-7-19(12-16)33-15(3)29/h5-13,22H,4H2,1-3H3/b20-13-/t22-/m0/s1. The van der Waals surface area contributed by atoms with E-state index in [-0.39, 0.29) is 12.2 Å². The average molecular weight is 497 g/mol. The largest absolute Gasteiger partial charge is 0.463 e. The summed E-state index contributed by atoms with van der Waals surface area (Å²) in [6, 6.07) is 13.2. The van der Waals surface area contributed by atoms with E-state index in [2.05, 4.69) is 4.99 Å². The molecule has 0 saturated carbocycles. The van der Waals surface area contributed by atoms with Crippen LogP contribution in [0.4, 0.5) is 0 Å². The molecule has 3 aromatic rings. The number of aromatic nitrogens is 1. The number of halogens is 1. The fourth-order valence-electron chi connectivity index (χ4n) is 3.74. The summed E-state index contributed by atoms with van der Waals surface area (Å²) in [6.45, 7) is 4.98. The second-order valence-electron chi connectivity index (χ2n) is 7.52. The number of rotatable bonds is 5. The van der Waals surface area contributed by atoms with Crippen molar-refractivity contribution in [2.75, 3.05) is 6.61 Å². The lowest BCUT2D eigenvalue weighted by Crippen LogP contribution is -2.39. The number of allylic oxidation sites excluding steroid dienone is 1. The molecule has 0 fully saturated rings. The van der Waals surface area contributed by atoms with E-state index in [0.29, 0.717) is 42.5 Å². The molecule has 2 heterocycles. The van der Waals surface area contributed by atoms with Crippen LogP contribution in [0, 0.1) is 0 Å². The molecule has 0 bridgehead atoms. The lowest BCUT2D eigenvalue weighted by atomic mass is 9.96. The van der Waals surface area contributed by atoms with Crippen LogP contribution in [0.25, 0.3) is 6.08 Å². The van der Waals surface area contributed by atoms with E-state index in [1.807, 2.05) is 0 Å². The van der Waals surface area contributed by atoms with Crippen molar-refractivity contribution < 1.29 is 19.1 Å². The molecule has 0 saturated heterocycles. The molecule has 0 aliphatic carbocycles. The lowest BCUT2D eigenvalue weighted by molar-refractivity contribution is -0.139. The number of esters is 2. The van der Waals surface area contributed by atoms with Crippen molar-refractivity contribution in [3.63, 3.8) is 0 Å². The van der Waals surface area contributed by atoms with E-state index in [9.17, 15) is 14.4 Å². The van der Waals surface area contributed by atoms with Crippen LogP contribution in [0.2, 0.25) is 5.02 Å². The van der Waals surface area contributed by atoms with Gasteiger partial charge in [0.15, 0.2) is 4.80 Å². The second-order valence-corrected chi connectivity index (χ2v) is 8.97. The van der Waals surface area contributed by atoms with Gasteiger partial charge in [-0.25, -0.2) is 9.79 Å². The second kappa shape index (κ2) is 9.79. The fraction of sp³-hybridized carbons (Fsp3) is 0.200. The molecule has 7 nitrogen and oxygen atoms in total. The Morgan fingerprint density at radius 2 is 1.94 bits per heavy atom. The summed E-state index contributed by atoms with van der Waals surface area (Å²) in [5.41, 5.74) is 1.90. The molecule has 9 heteroatoms. The van der Waals surface area contributed by atoms with Crippen LogP contribution in [-0.2, 0) is 14.3 Å². The number of nitrogens with zero attached hydrogens (tertiary/aromatic N) is 2. The average Bonchev–Trinajstić information content (AvgIpc) is 3.08. The van der Waals surface area contributed by atoms with Gasteiger partial charge < -0.3 is 9.47 Å². The number of ether oxygens (including phenoxy) is 2. The molecule has 0 radical (unpaired) electrons. The van der Waals surface area contributed by atoms with Gasteiger partial charge in [-0.15, -0.1) is 0 Å². The van der Waals surface area contributed by atoms with Gasteiger partial charge in [-0.05, 0) is 55.3 Å². The Morgan fingerprint density at radius 1 is 1.21 bits per heavy atom. The van der Waals surface area contributed by atoms with Crippen molar-refractivity contribution in [2.24, 2.45) is 4.99 Å². The van der Waals surface area contributed by atoms with Crippen LogP contribution in [0.15, 0.2) is 69.6 Å². The molecular weight excluding hydrogens is 476 g/mol. The highest BCUT2D eigenvalue weighted by Gasteiger charge is 2.33. The summed E-state index contributed by atoms with van der Waals surface area (Å²) in [7, 11) is 0. The van der Waals surface area contributed by atoms with E-state index in [1.165, 1.54) is 22.8 Å². The maximum Gasteiger partial charge on any atom is 0.338 e. The fourth-order valence-corrected chi connectivity index (χ4v) is 4.91. The van der Waals surface area contributed by atoms with E-state index in [1.54, 1.807) is 68.5 Å². The monoisotopic (exact) mass is 496 g/mol. The van der Waals surface area contributed by atoms with Crippen LogP contribution < -0.4 is 19.6 Å². The summed E-state index contributed by atoms with van der Waals surface area (Å²) < 4.78 is 12.4. The van der Waals surface area contributed by atoms with Crippen LogP contribution in [0.3, 0.4) is 0 Å². The molecule has 0 spiro atoms. The van der Waals surface area contributed by atoms with Gasteiger partial charge in [-0.1, -0.05) is 47.2 Å². The van der Waals surface area contributed by atoms with Gasteiger partial charge in [-0.3, -0.25) is 14.2 Å². The third-order valence-electron chi connectivity index (χ3n) is 5.12. The van der Waals surface area contributed by atoms with Crippen LogP contribution in [0.1, 0.15) is 37.9 Å². The minimum Gasteiger partial charge on any atom is -0.463 e. The summed E-state index contributed by atoms with van der Waals surface area (Å²) in [5.74, 6) is -0.568. The molecule has 1 aliphatic rings. The summed E-state index contributed by atoms with van der Waals surface area (Å²) in [4.78, 5) is 42.7. The third kappa shape index (κ3) is 4.73. The maximum absolute atomic E-state index is 13.6. The molecule has 34 heavy (non-hydrogen) atoms. The van der Waals surface area contributed by atoms with Crippen molar-refractivity contribution >= 4 is 41.0 Å². The Kier molecular flexibility index (Phi) is 6.81. The lowest BCUT2D eigenvalue weighted by Gasteiger charge is -2.24. The summed E-state index contributed by atoms with van der Waals surface area (Å²) in [6.07, 6.45) is 1.71. The Labute approximate surface area is 204 Å². The van der Waals surface area contributed by atoms with Crippen LogP contribution >= 0.6 is 22.9 Å². The minimum absolute atomic E-state index is 0.200. The molecule has 1 aromatic heterocycles. The molecule has 174 valence electrons. The first-order valence-corrected chi connectivity index (χ1v) is 11.7. The molecular formula is C25H21ClN2O5S. The predicted molar refractivity (Wildman–Crippen MR) is 130 cm³/mol. The van der Waals surface area contributed by atoms with Gasteiger partial charge >= 0.3 is 11.9 Å². The highest BCUT2D eigenvalue weighted by Crippen LogP contribution is 2.31. The molecule has 0 N–H and O–H groups in total. The zero-order valence-corrected chi connectivity index (χ0v) is 20.3. The number of hydrogen-bond acceptors (Lipinski definition) is 7. The molecule has 4 rings (SSSR count). The Balaban J connectivity index is 1.90. The number of thiazole rings is 1. The molecule has 1 aliphatic heterocycles. The molecule has 1 atom stereocenters. The van der Waals surface area contributed by atoms with Crippen molar-refractivity contribution in [2.45, 2.75) is 26.8 Å². The van der Waals surface area contributed by atoms with Crippen LogP contribution in [0.5, 0.6) is 5.75 Å². The van der Waals surface area contributed by atoms with Crippen molar-refractivity contribution in [3.8, 4) is 5.75 Å². The van der Waals surface area contributed by atoms with Crippen molar-refractivity contribution in [1.82, 2.24) is 4.57 Å². The summed E-state index contributed by atoms with van der Waals surface area (Å²) in [5, 5.41) is 0.544. The minimum atomic E-state index is -0.706.